The van der Waals surface area contributed by atoms with Crippen molar-refractivity contribution >= 4 is 21.8 Å². The number of piperazine rings is 1. The topological polar surface area (TPSA) is 82.1 Å². The number of nitrogens with zero attached hydrogens (tertiary/aromatic N) is 3. The van der Waals surface area contributed by atoms with Gasteiger partial charge in [0.15, 0.2) is 5.84 Å². The van der Waals surface area contributed by atoms with Crippen LogP contribution in [0.1, 0.15) is 23.6 Å². The first kappa shape index (κ1) is 20.6. The molecule has 2 aromatic rings. The summed E-state index contributed by atoms with van der Waals surface area (Å²) in [7, 11) is -3.62. The Balaban J connectivity index is 1.34. The lowest BCUT2D eigenvalue weighted by molar-refractivity contribution is -0.126. The molecule has 158 valence electrons. The number of carbonyl (C=O) groups excluding carboxylic acids is 1. The molecule has 0 saturated carbocycles. The van der Waals surface area contributed by atoms with Crippen LogP contribution in [0.25, 0.3) is 0 Å². The van der Waals surface area contributed by atoms with Gasteiger partial charge in [0.25, 0.3) is 10.0 Å². The van der Waals surface area contributed by atoms with Crippen LogP contribution >= 0.6 is 0 Å². The highest BCUT2D eigenvalue weighted by Gasteiger charge is 2.34. The zero-order valence-corrected chi connectivity index (χ0v) is 18.0. The molecule has 1 N–H and O–H groups in total. The van der Waals surface area contributed by atoms with Crippen molar-refractivity contribution in [3.63, 3.8) is 0 Å². The van der Waals surface area contributed by atoms with Gasteiger partial charge >= 0.3 is 0 Å². The fraction of sp³-hybridized carbons (Fsp3) is 0.364. The standard InChI is InChI=1S/C22H26N4O3S/c1-16-7-9-18(10-8-16)15-23-22(27)17(2)25-11-13-26(14-12-25)21-19-5-3-4-6-20(19)30(28,29)24-21/h3-10,17H,11-15H2,1-2H3,(H,23,27)/t17-/m0/s1. The van der Waals surface area contributed by atoms with E-state index >= 15 is 0 Å². The second-order valence-electron chi connectivity index (χ2n) is 7.79. The lowest BCUT2D eigenvalue weighted by Gasteiger charge is -2.38. The normalized spacial score (nSPS) is 19.1. The van der Waals surface area contributed by atoms with Gasteiger partial charge in [-0.3, -0.25) is 9.69 Å². The summed E-state index contributed by atoms with van der Waals surface area (Å²) in [5.74, 6) is 0.511. The van der Waals surface area contributed by atoms with E-state index in [1.54, 1.807) is 18.2 Å². The largest absolute Gasteiger partial charge is 0.353 e. The third-order valence-electron chi connectivity index (χ3n) is 5.74. The minimum atomic E-state index is -3.62. The second-order valence-corrected chi connectivity index (χ2v) is 9.36. The van der Waals surface area contributed by atoms with Crippen LogP contribution in [0.4, 0.5) is 0 Å². The minimum Gasteiger partial charge on any atom is -0.353 e. The van der Waals surface area contributed by atoms with Crippen molar-refractivity contribution in [1.29, 1.82) is 0 Å². The van der Waals surface area contributed by atoms with Gasteiger partial charge in [-0.15, -0.1) is 4.40 Å². The molecule has 2 aromatic carbocycles. The van der Waals surface area contributed by atoms with Crippen LogP contribution in [-0.2, 0) is 21.4 Å². The van der Waals surface area contributed by atoms with Crippen molar-refractivity contribution in [3.8, 4) is 0 Å². The smallest absolute Gasteiger partial charge is 0.285 e. The van der Waals surface area contributed by atoms with Crippen LogP contribution in [0.2, 0.25) is 0 Å². The SMILES string of the molecule is Cc1ccc(CNC(=O)[C@H](C)N2CCN(C3=NS(=O)(=O)c4ccccc43)CC2)cc1. The predicted octanol–water partition coefficient (Wildman–Crippen LogP) is 1.77. The Bertz CT molecular complexity index is 1070. The number of sulfonamides is 1. The molecule has 0 bridgehead atoms. The lowest BCUT2D eigenvalue weighted by Crippen LogP contribution is -2.54. The highest BCUT2D eigenvalue weighted by molar-refractivity contribution is 7.90. The molecule has 0 radical (unpaired) electrons. The van der Waals surface area contributed by atoms with Crippen molar-refractivity contribution < 1.29 is 13.2 Å². The average molecular weight is 427 g/mol. The number of aryl methyl sites for hydroxylation is 1. The van der Waals surface area contributed by atoms with Gasteiger partial charge in [-0.2, -0.15) is 8.42 Å². The van der Waals surface area contributed by atoms with E-state index in [-0.39, 0.29) is 16.8 Å². The molecular weight excluding hydrogens is 400 g/mol. The summed E-state index contributed by atoms with van der Waals surface area (Å²) in [6, 6.07) is 14.8. The van der Waals surface area contributed by atoms with Crippen LogP contribution in [0.15, 0.2) is 57.8 Å². The van der Waals surface area contributed by atoms with Crippen molar-refractivity contribution in [3.05, 3.63) is 65.2 Å². The Labute approximate surface area is 177 Å². The quantitative estimate of drug-likeness (QED) is 0.806. The maximum Gasteiger partial charge on any atom is 0.285 e. The van der Waals surface area contributed by atoms with Crippen LogP contribution in [-0.4, -0.2) is 62.2 Å². The molecule has 0 aliphatic carbocycles. The summed E-state index contributed by atoms with van der Waals surface area (Å²) in [6.45, 7) is 7.04. The molecule has 4 rings (SSSR count). The number of amidine groups is 1. The number of amides is 1. The first-order valence-electron chi connectivity index (χ1n) is 10.1. The Morgan fingerprint density at radius 3 is 2.43 bits per heavy atom. The molecule has 2 aliphatic heterocycles. The van der Waals surface area contributed by atoms with Gasteiger partial charge in [0.05, 0.1) is 6.04 Å². The molecule has 1 fully saturated rings. The third-order valence-corrected chi connectivity index (χ3v) is 7.07. The van der Waals surface area contributed by atoms with Gasteiger partial charge in [-0.05, 0) is 31.5 Å². The summed E-state index contributed by atoms with van der Waals surface area (Å²) in [5.41, 5.74) is 2.93. The van der Waals surface area contributed by atoms with Crippen molar-refractivity contribution in [2.24, 2.45) is 4.40 Å². The number of hydrogen-bond donors (Lipinski definition) is 1. The van der Waals surface area contributed by atoms with Crippen LogP contribution in [0.3, 0.4) is 0 Å². The Morgan fingerprint density at radius 2 is 1.73 bits per heavy atom. The number of carbonyl (C=O) groups is 1. The van der Waals surface area contributed by atoms with Gasteiger partial charge in [0, 0.05) is 38.3 Å². The monoisotopic (exact) mass is 426 g/mol. The van der Waals surface area contributed by atoms with E-state index in [2.05, 4.69) is 14.6 Å². The number of fused-ring (bicyclic) bond motifs is 1. The van der Waals surface area contributed by atoms with Crippen LogP contribution in [0, 0.1) is 6.92 Å². The lowest BCUT2D eigenvalue weighted by atomic mass is 10.1. The van der Waals surface area contributed by atoms with Gasteiger partial charge in [-0.1, -0.05) is 42.0 Å². The highest BCUT2D eigenvalue weighted by atomic mass is 32.2. The van der Waals surface area contributed by atoms with E-state index in [1.807, 2.05) is 49.1 Å². The summed E-state index contributed by atoms with van der Waals surface area (Å²) in [6.07, 6.45) is 0. The molecule has 30 heavy (non-hydrogen) atoms. The zero-order valence-electron chi connectivity index (χ0n) is 17.2. The van der Waals surface area contributed by atoms with E-state index in [0.29, 0.717) is 44.1 Å². The summed E-state index contributed by atoms with van der Waals surface area (Å²) < 4.78 is 28.6. The molecule has 0 aromatic heterocycles. The Hall–Kier alpha value is -2.71. The first-order chi connectivity index (χ1) is 14.3. The summed E-state index contributed by atoms with van der Waals surface area (Å²) >= 11 is 0. The Kier molecular flexibility index (Phi) is 5.62. The molecule has 2 aliphatic rings. The van der Waals surface area contributed by atoms with E-state index in [9.17, 15) is 13.2 Å². The van der Waals surface area contributed by atoms with Crippen molar-refractivity contribution in [2.75, 3.05) is 26.2 Å². The fourth-order valence-electron chi connectivity index (χ4n) is 3.85. The number of rotatable bonds is 4. The molecular formula is C22H26N4O3S. The van der Waals surface area contributed by atoms with Crippen LogP contribution < -0.4 is 5.32 Å². The molecule has 8 heteroatoms. The molecule has 0 unspecified atom stereocenters. The van der Waals surface area contributed by atoms with E-state index in [1.165, 1.54) is 5.56 Å². The highest BCUT2D eigenvalue weighted by Crippen LogP contribution is 2.28. The summed E-state index contributed by atoms with van der Waals surface area (Å²) in [5, 5.41) is 3.01. The van der Waals surface area contributed by atoms with Gasteiger partial charge in [0.1, 0.15) is 4.90 Å². The molecule has 2 heterocycles. The number of nitrogens with one attached hydrogen (secondary N) is 1. The Morgan fingerprint density at radius 1 is 1.07 bits per heavy atom. The van der Waals surface area contributed by atoms with E-state index in [0.717, 1.165) is 5.56 Å². The van der Waals surface area contributed by atoms with E-state index < -0.39 is 10.0 Å². The number of hydrogen-bond acceptors (Lipinski definition) is 5. The minimum absolute atomic E-state index is 0.00449. The second kappa shape index (κ2) is 8.20. The fourth-order valence-corrected chi connectivity index (χ4v) is 5.07. The van der Waals surface area contributed by atoms with Crippen molar-refractivity contribution in [2.45, 2.75) is 31.3 Å². The zero-order chi connectivity index (χ0) is 21.3. The first-order valence-corrected chi connectivity index (χ1v) is 11.6. The maximum atomic E-state index is 12.6. The van der Waals surface area contributed by atoms with Gasteiger partial charge in [0.2, 0.25) is 5.91 Å². The molecule has 1 amide bonds. The van der Waals surface area contributed by atoms with Gasteiger partial charge < -0.3 is 10.2 Å². The predicted molar refractivity (Wildman–Crippen MR) is 116 cm³/mol. The van der Waals surface area contributed by atoms with Crippen molar-refractivity contribution in [1.82, 2.24) is 15.1 Å². The molecule has 1 atom stereocenters. The van der Waals surface area contributed by atoms with Crippen LogP contribution in [0.5, 0.6) is 0 Å². The summed E-state index contributed by atoms with van der Waals surface area (Å²) in [4.78, 5) is 17.0. The van der Waals surface area contributed by atoms with E-state index in [4.69, 9.17) is 0 Å². The molecule has 1 saturated heterocycles. The molecule has 0 spiro atoms. The average Bonchev–Trinajstić information content (AvgIpc) is 3.04. The molecule has 7 nitrogen and oxygen atoms in total. The third kappa shape index (κ3) is 4.11. The number of benzene rings is 2. The maximum absolute atomic E-state index is 12.6. The van der Waals surface area contributed by atoms with Gasteiger partial charge in [-0.25, -0.2) is 0 Å².